The van der Waals surface area contributed by atoms with Gasteiger partial charge in [0, 0.05) is 12.5 Å². The van der Waals surface area contributed by atoms with E-state index in [1.165, 1.54) is 6.07 Å². The molecule has 7 heteroatoms. The van der Waals surface area contributed by atoms with Crippen LogP contribution in [0.1, 0.15) is 44.7 Å². The molecular formula is C18H22F3NO3. The molecule has 0 aromatic heterocycles. The molecule has 0 radical (unpaired) electrons. The van der Waals surface area contributed by atoms with Gasteiger partial charge in [-0.25, -0.2) is 9.69 Å². The van der Waals surface area contributed by atoms with Crippen LogP contribution in [0.5, 0.6) is 0 Å². The molecule has 0 N–H and O–H groups in total. The Morgan fingerprint density at radius 3 is 2.56 bits per heavy atom. The average Bonchev–Trinajstić information content (AvgIpc) is 2.47. The van der Waals surface area contributed by atoms with Crippen LogP contribution in [-0.2, 0) is 22.1 Å². The molecule has 1 unspecified atom stereocenters. The van der Waals surface area contributed by atoms with E-state index in [-0.39, 0.29) is 13.0 Å². The number of likely N-dealkylation sites (tertiary alicyclic amines) is 1. The number of benzene rings is 1. The SMILES string of the molecule is CC(C)(C)OC(=O)N1CCCC(Cc2cccc(C(F)(F)F)c2)C1=O. The number of halogens is 3. The number of rotatable bonds is 2. The molecule has 2 rings (SSSR count). The Balaban J connectivity index is 2.10. The second-order valence-corrected chi connectivity index (χ2v) is 7.21. The van der Waals surface area contributed by atoms with E-state index in [1.54, 1.807) is 26.8 Å². The molecule has 1 aliphatic heterocycles. The first-order valence-corrected chi connectivity index (χ1v) is 8.18. The van der Waals surface area contributed by atoms with E-state index >= 15 is 0 Å². The van der Waals surface area contributed by atoms with Gasteiger partial charge in [-0.2, -0.15) is 13.2 Å². The lowest BCUT2D eigenvalue weighted by Gasteiger charge is -2.32. The van der Waals surface area contributed by atoms with E-state index in [0.717, 1.165) is 17.0 Å². The van der Waals surface area contributed by atoms with Crippen molar-refractivity contribution in [2.75, 3.05) is 6.54 Å². The fourth-order valence-corrected chi connectivity index (χ4v) is 2.80. The maximum Gasteiger partial charge on any atom is 0.417 e. The Morgan fingerprint density at radius 1 is 1.28 bits per heavy atom. The number of nitrogens with zero attached hydrogens (tertiary/aromatic N) is 1. The lowest BCUT2D eigenvalue weighted by atomic mass is 9.90. The maximum absolute atomic E-state index is 12.8. The molecule has 1 atom stereocenters. The molecule has 0 spiro atoms. The number of carbonyl (C=O) groups is 2. The number of ether oxygens (including phenoxy) is 1. The fourth-order valence-electron chi connectivity index (χ4n) is 2.80. The van der Waals surface area contributed by atoms with Gasteiger partial charge in [0.2, 0.25) is 5.91 Å². The van der Waals surface area contributed by atoms with Crippen molar-refractivity contribution in [1.29, 1.82) is 0 Å². The van der Waals surface area contributed by atoms with Gasteiger partial charge >= 0.3 is 12.3 Å². The highest BCUT2D eigenvalue weighted by Gasteiger charge is 2.36. The maximum atomic E-state index is 12.8. The van der Waals surface area contributed by atoms with Gasteiger partial charge in [0.15, 0.2) is 0 Å². The Labute approximate surface area is 144 Å². The fraction of sp³-hybridized carbons (Fsp3) is 0.556. The van der Waals surface area contributed by atoms with E-state index in [1.807, 2.05) is 0 Å². The van der Waals surface area contributed by atoms with Crippen molar-refractivity contribution in [3.05, 3.63) is 35.4 Å². The van der Waals surface area contributed by atoms with Gasteiger partial charge < -0.3 is 4.74 Å². The summed E-state index contributed by atoms with van der Waals surface area (Å²) in [6, 6.07) is 4.95. The molecule has 1 aliphatic rings. The first-order chi connectivity index (χ1) is 11.5. The first kappa shape index (κ1) is 19.3. The van der Waals surface area contributed by atoms with E-state index in [0.29, 0.717) is 18.4 Å². The van der Waals surface area contributed by atoms with Crippen molar-refractivity contribution in [3.63, 3.8) is 0 Å². The number of hydrogen-bond acceptors (Lipinski definition) is 3. The van der Waals surface area contributed by atoms with Gasteiger partial charge in [-0.15, -0.1) is 0 Å². The number of piperidine rings is 1. The molecule has 0 aliphatic carbocycles. The van der Waals surface area contributed by atoms with Crippen LogP contribution >= 0.6 is 0 Å². The van der Waals surface area contributed by atoms with Gasteiger partial charge in [-0.1, -0.05) is 18.2 Å². The quantitative estimate of drug-likeness (QED) is 0.787. The summed E-state index contributed by atoms with van der Waals surface area (Å²) in [7, 11) is 0. The largest absolute Gasteiger partial charge is 0.443 e. The van der Waals surface area contributed by atoms with Crippen LogP contribution < -0.4 is 0 Å². The van der Waals surface area contributed by atoms with Crippen molar-refractivity contribution in [2.24, 2.45) is 5.92 Å². The average molecular weight is 357 g/mol. The smallest absolute Gasteiger partial charge is 0.417 e. The molecule has 1 aromatic carbocycles. The summed E-state index contributed by atoms with van der Waals surface area (Å²) in [6.45, 7) is 5.39. The van der Waals surface area contributed by atoms with Crippen molar-refractivity contribution >= 4 is 12.0 Å². The summed E-state index contributed by atoms with van der Waals surface area (Å²) in [4.78, 5) is 25.7. The number of carbonyl (C=O) groups excluding carboxylic acids is 2. The van der Waals surface area contributed by atoms with Crippen molar-refractivity contribution in [1.82, 2.24) is 4.90 Å². The van der Waals surface area contributed by atoms with Crippen LogP contribution in [0.4, 0.5) is 18.0 Å². The second kappa shape index (κ2) is 7.06. The molecule has 1 aromatic rings. The number of amides is 2. The highest BCUT2D eigenvalue weighted by Crippen LogP contribution is 2.31. The zero-order valence-electron chi connectivity index (χ0n) is 14.5. The van der Waals surface area contributed by atoms with E-state index in [4.69, 9.17) is 4.74 Å². The standard InChI is InChI=1S/C18H22F3NO3/c1-17(2,3)25-16(24)22-9-5-7-13(15(22)23)10-12-6-4-8-14(11-12)18(19,20)21/h4,6,8,11,13H,5,7,9-10H2,1-3H3. The predicted octanol–water partition coefficient (Wildman–Crippen LogP) is 4.42. The number of hydrogen-bond donors (Lipinski definition) is 0. The summed E-state index contributed by atoms with van der Waals surface area (Å²) in [5, 5.41) is 0. The molecule has 1 fully saturated rings. The minimum absolute atomic E-state index is 0.169. The zero-order chi connectivity index (χ0) is 18.8. The molecule has 138 valence electrons. The lowest BCUT2D eigenvalue weighted by Crippen LogP contribution is -2.47. The van der Waals surface area contributed by atoms with E-state index < -0.39 is 35.3 Å². The molecule has 25 heavy (non-hydrogen) atoms. The summed E-state index contributed by atoms with van der Waals surface area (Å²) in [6.07, 6.45) is -3.81. The third-order valence-corrected chi connectivity index (χ3v) is 3.90. The van der Waals surface area contributed by atoms with E-state index in [9.17, 15) is 22.8 Å². The van der Waals surface area contributed by atoms with Gasteiger partial charge in [-0.05, 0) is 51.7 Å². The summed E-state index contributed by atoms with van der Waals surface area (Å²) in [5.41, 5.74) is -1.03. The van der Waals surface area contributed by atoms with Crippen LogP contribution in [-0.4, -0.2) is 29.0 Å². The molecule has 1 heterocycles. The highest BCUT2D eigenvalue weighted by molar-refractivity contribution is 5.94. The summed E-state index contributed by atoms with van der Waals surface area (Å²) < 4.78 is 43.7. The van der Waals surface area contributed by atoms with Gasteiger partial charge in [0.1, 0.15) is 5.60 Å². The zero-order valence-corrected chi connectivity index (χ0v) is 14.5. The van der Waals surface area contributed by atoms with Crippen LogP contribution in [0, 0.1) is 5.92 Å². The summed E-state index contributed by atoms with van der Waals surface area (Å²) in [5.74, 6) is -0.914. The molecule has 2 amide bonds. The Bertz CT molecular complexity index is 650. The molecule has 4 nitrogen and oxygen atoms in total. The van der Waals surface area contributed by atoms with Gasteiger partial charge in [0.25, 0.3) is 0 Å². The normalized spacial score (nSPS) is 19.0. The van der Waals surface area contributed by atoms with Crippen LogP contribution in [0.25, 0.3) is 0 Å². The number of alkyl halides is 3. The monoisotopic (exact) mass is 357 g/mol. The lowest BCUT2D eigenvalue weighted by molar-refractivity contribution is -0.137. The Hall–Kier alpha value is -2.05. The predicted molar refractivity (Wildman–Crippen MR) is 85.8 cm³/mol. The molecule has 1 saturated heterocycles. The van der Waals surface area contributed by atoms with Gasteiger partial charge in [0.05, 0.1) is 5.56 Å². The van der Waals surface area contributed by atoms with Crippen molar-refractivity contribution in [3.8, 4) is 0 Å². The van der Waals surface area contributed by atoms with Crippen LogP contribution in [0.3, 0.4) is 0 Å². The number of imide groups is 1. The third-order valence-electron chi connectivity index (χ3n) is 3.90. The summed E-state index contributed by atoms with van der Waals surface area (Å²) >= 11 is 0. The Kier molecular flexibility index (Phi) is 5.44. The van der Waals surface area contributed by atoms with Crippen molar-refractivity contribution in [2.45, 2.75) is 51.8 Å². The van der Waals surface area contributed by atoms with Gasteiger partial charge in [-0.3, -0.25) is 4.79 Å². The molecule has 0 saturated carbocycles. The molecular weight excluding hydrogens is 335 g/mol. The minimum atomic E-state index is -4.42. The van der Waals surface area contributed by atoms with Crippen molar-refractivity contribution < 1.29 is 27.5 Å². The van der Waals surface area contributed by atoms with Crippen LogP contribution in [0.15, 0.2) is 24.3 Å². The third kappa shape index (κ3) is 5.21. The molecule has 0 bridgehead atoms. The topological polar surface area (TPSA) is 46.6 Å². The Morgan fingerprint density at radius 2 is 1.96 bits per heavy atom. The first-order valence-electron chi connectivity index (χ1n) is 8.18. The minimum Gasteiger partial charge on any atom is -0.443 e. The highest BCUT2D eigenvalue weighted by atomic mass is 19.4. The van der Waals surface area contributed by atoms with Crippen LogP contribution in [0.2, 0.25) is 0 Å². The van der Waals surface area contributed by atoms with E-state index in [2.05, 4.69) is 0 Å². The second-order valence-electron chi connectivity index (χ2n) is 7.21.